The smallest absolute Gasteiger partial charge is 0.357 e. The molecule has 11 heteroatoms. The van der Waals surface area contributed by atoms with E-state index in [-0.39, 0.29) is 30.2 Å². The van der Waals surface area contributed by atoms with E-state index < -0.39 is 17.9 Å². The molecule has 184 valence electrons. The minimum absolute atomic E-state index is 0.0683. The highest BCUT2D eigenvalue weighted by atomic mass is 127. The van der Waals surface area contributed by atoms with Crippen LogP contribution in [0.1, 0.15) is 27.8 Å². The van der Waals surface area contributed by atoms with Crippen molar-refractivity contribution < 1.29 is 38.1 Å². The maximum atomic E-state index is 12.8. The second-order valence-electron chi connectivity index (χ2n) is 6.89. The van der Waals surface area contributed by atoms with Gasteiger partial charge in [-0.1, -0.05) is 18.2 Å². The summed E-state index contributed by atoms with van der Waals surface area (Å²) in [5.41, 5.74) is 1.02. The van der Waals surface area contributed by atoms with E-state index >= 15 is 0 Å². The van der Waals surface area contributed by atoms with Crippen molar-refractivity contribution in [1.29, 1.82) is 0 Å². The van der Waals surface area contributed by atoms with Crippen LogP contribution in [0.4, 0.5) is 0 Å². The normalized spacial score (nSPS) is 10.4. The Morgan fingerprint density at radius 1 is 1.00 bits per heavy atom. The molecule has 0 aliphatic rings. The minimum Gasteiger partial charge on any atom is -0.493 e. The predicted octanol–water partition coefficient (Wildman–Crippen LogP) is 3.67. The first-order chi connectivity index (χ1) is 16.9. The first-order valence-corrected chi connectivity index (χ1v) is 11.4. The van der Waals surface area contributed by atoms with Gasteiger partial charge in [-0.3, -0.25) is 0 Å². The predicted molar refractivity (Wildman–Crippen MR) is 133 cm³/mol. The van der Waals surface area contributed by atoms with Gasteiger partial charge in [-0.25, -0.2) is 19.1 Å². The molecular weight excluding hydrogens is 571 g/mol. The topological polar surface area (TPSA) is 115 Å². The van der Waals surface area contributed by atoms with Gasteiger partial charge in [0.1, 0.15) is 11.3 Å². The van der Waals surface area contributed by atoms with Crippen LogP contribution in [0.2, 0.25) is 0 Å². The molecule has 0 spiro atoms. The Morgan fingerprint density at radius 2 is 1.69 bits per heavy atom. The second kappa shape index (κ2) is 11.7. The molecule has 1 heterocycles. The van der Waals surface area contributed by atoms with Crippen molar-refractivity contribution in [3.05, 3.63) is 57.3 Å². The maximum Gasteiger partial charge on any atom is 0.357 e. The minimum atomic E-state index is -0.765. The van der Waals surface area contributed by atoms with E-state index in [1.807, 2.05) is 28.7 Å². The lowest BCUT2D eigenvalue weighted by Gasteiger charge is -2.14. The summed E-state index contributed by atoms with van der Waals surface area (Å²) in [5.74, 6) is -1.43. The number of methoxy groups -OCH3 is 3. The molecule has 0 saturated heterocycles. The summed E-state index contributed by atoms with van der Waals surface area (Å²) >= 11 is 2.02. The van der Waals surface area contributed by atoms with Gasteiger partial charge in [-0.05, 0) is 53.8 Å². The summed E-state index contributed by atoms with van der Waals surface area (Å²) in [6, 6.07) is 12.1. The fourth-order valence-corrected chi connectivity index (χ4v) is 4.04. The van der Waals surface area contributed by atoms with Crippen LogP contribution < -0.4 is 9.47 Å². The van der Waals surface area contributed by atoms with Gasteiger partial charge in [0.15, 0.2) is 23.8 Å². The van der Waals surface area contributed by atoms with Gasteiger partial charge in [0.05, 0.1) is 37.2 Å². The number of aromatic nitrogens is 2. The number of hydrogen-bond acceptors (Lipinski definition) is 9. The Hall–Kier alpha value is -3.61. The third kappa shape index (κ3) is 5.56. The van der Waals surface area contributed by atoms with Crippen LogP contribution >= 0.6 is 22.6 Å². The maximum absolute atomic E-state index is 12.8. The summed E-state index contributed by atoms with van der Waals surface area (Å²) in [5, 5.41) is 4.57. The standard InChI is InChI=1S/C24H23IN2O8/c1-5-34-18(28)13-35-22-16(25)11-14(12-17(22)31-2)20-19(23(29)32-3)21(24(30)33-4)27(26-20)15-9-7-6-8-10-15/h6-12H,5,13H2,1-4H3. The summed E-state index contributed by atoms with van der Waals surface area (Å²) in [6.45, 7) is 1.63. The number of carbonyl (C=O) groups is 3. The molecule has 0 fully saturated rings. The van der Waals surface area contributed by atoms with E-state index in [2.05, 4.69) is 5.10 Å². The van der Waals surface area contributed by atoms with Gasteiger partial charge in [0, 0.05) is 5.56 Å². The summed E-state index contributed by atoms with van der Waals surface area (Å²) in [6.07, 6.45) is 0. The second-order valence-corrected chi connectivity index (χ2v) is 8.05. The molecule has 0 amide bonds. The Balaban J connectivity index is 2.21. The van der Waals surface area contributed by atoms with Gasteiger partial charge in [0.25, 0.3) is 0 Å². The van der Waals surface area contributed by atoms with Gasteiger partial charge in [0.2, 0.25) is 0 Å². The van der Waals surface area contributed by atoms with Crippen molar-refractivity contribution in [2.75, 3.05) is 34.5 Å². The summed E-state index contributed by atoms with van der Waals surface area (Å²) < 4.78 is 27.8. The largest absolute Gasteiger partial charge is 0.493 e. The third-order valence-electron chi connectivity index (χ3n) is 4.80. The van der Waals surface area contributed by atoms with E-state index in [4.69, 9.17) is 23.7 Å². The van der Waals surface area contributed by atoms with Crippen LogP contribution in [-0.2, 0) is 19.0 Å². The molecule has 3 rings (SSSR count). The van der Waals surface area contributed by atoms with Crippen LogP contribution in [0.5, 0.6) is 11.5 Å². The molecule has 0 atom stereocenters. The van der Waals surface area contributed by atoms with Crippen molar-refractivity contribution >= 4 is 40.5 Å². The quantitative estimate of drug-likeness (QED) is 0.208. The fraction of sp³-hybridized carbons (Fsp3) is 0.250. The van der Waals surface area contributed by atoms with Crippen molar-refractivity contribution in [3.8, 4) is 28.4 Å². The number of para-hydroxylation sites is 1. The average molecular weight is 594 g/mol. The first kappa shape index (κ1) is 26.0. The zero-order valence-corrected chi connectivity index (χ0v) is 21.7. The first-order valence-electron chi connectivity index (χ1n) is 10.4. The molecule has 0 bridgehead atoms. The lowest BCUT2D eigenvalue weighted by Crippen LogP contribution is -2.15. The molecule has 2 aromatic carbocycles. The number of halogens is 1. The molecule has 35 heavy (non-hydrogen) atoms. The van der Waals surface area contributed by atoms with Gasteiger partial charge >= 0.3 is 17.9 Å². The van der Waals surface area contributed by atoms with Crippen LogP contribution in [0.25, 0.3) is 16.9 Å². The number of rotatable bonds is 9. The lowest BCUT2D eigenvalue weighted by molar-refractivity contribution is -0.145. The fourth-order valence-electron chi connectivity index (χ4n) is 3.29. The Morgan fingerprint density at radius 3 is 2.29 bits per heavy atom. The SMILES string of the molecule is CCOC(=O)COc1c(I)cc(-c2nn(-c3ccccc3)c(C(=O)OC)c2C(=O)OC)cc1OC. The molecule has 10 nitrogen and oxygen atoms in total. The van der Waals surface area contributed by atoms with Crippen LogP contribution in [-0.4, -0.2) is 62.2 Å². The van der Waals surface area contributed by atoms with E-state index in [0.717, 1.165) is 0 Å². The average Bonchev–Trinajstić information content (AvgIpc) is 3.28. The lowest BCUT2D eigenvalue weighted by atomic mass is 10.0. The number of hydrogen-bond donors (Lipinski definition) is 0. The highest BCUT2D eigenvalue weighted by molar-refractivity contribution is 14.1. The highest BCUT2D eigenvalue weighted by Gasteiger charge is 2.32. The highest BCUT2D eigenvalue weighted by Crippen LogP contribution is 2.39. The number of esters is 3. The van der Waals surface area contributed by atoms with Gasteiger partial charge in [-0.15, -0.1) is 0 Å². The summed E-state index contributed by atoms with van der Waals surface area (Å²) in [7, 11) is 3.87. The van der Waals surface area contributed by atoms with Crippen molar-refractivity contribution in [1.82, 2.24) is 9.78 Å². The number of nitrogens with zero attached hydrogens (tertiary/aromatic N) is 2. The molecule has 0 radical (unpaired) electrons. The van der Waals surface area contributed by atoms with Gasteiger partial charge < -0.3 is 23.7 Å². The summed E-state index contributed by atoms with van der Waals surface area (Å²) in [4.78, 5) is 37.3. The molecule has 0 aliphatic heterocycles. The van der Waals surface area contributed by atoms with Crippen molar-refractivity contribution in [2.45, 2.75) is 6.92 Å². The van der Waals surface area contributed by atoms with Crippen molar-refractivity contribution in [3.63, 3.8) is 0 Å². The Bertz CT molecular complexity index is 1240. The molecular formula is C24H23IN2O8. The Kier molecular flexibility index (Phi) is 8.68. The van der Waals surface area contributed by atoms with Crippen LogP contribution in [0, 0.1) is 3.57 Å². The van der Waals surface area contributed by atoms with E-state index in [1.54, 1.807) is 43.3 Å². The van der Waals surface area contributed by atoms with E-state index in [0.29, 0.717) is 26.3 Å². The number of carbonyl (C=O) groups excluding carboxylic acids is 3. The molecule has 0 N–H and O–H groups in total. The van der Waals surface area contributed by atoms with E-state index in [1.165, 1.54) is 26.0 Å². The van der Waals surface area contributed by atoms with Crippen molar-refractivity contribution in [2.24, 2.45) is 0 Å². The molecule has 0 saturated carbocycles. The van der Waals surface area contributed by atoms with Crippen LogP contribution in [0.3, 0.4) is 0 Å². The number of ether oxygens (including phenoxy) is 5. The Labute approximate surface area is 215 Å². The molecule has 1 aromatic heterocycles. The van der Waals surface area contributed by atoms with Gasteiger partial charge in [-0.2, -0.15) is 5.10 Å². The third-order valence-corrected chi connectivity index (χ3v) is 5.60. The molecule has 0 aliphatic carbocycles. The molecule has 0 unspecified atom stereocenters. The zero-order valence-electron chi connectivity index (χ0n) is 19.5. The molecule has 3 aromatic rings. The van der Waals surface area contributed by atoms with E-state index in [9.17, 15) is 14.4 Å². The van der Waals surface area contributed by atoms with Crippen LogP contribution in [0.15, 0.2) is 42.5 Å². The number of benzene rings is 2. The monoisotopic (exact) mass is 594 g/mol. The zero-order chi connectivity index (χ0) is 25.5.